The molecule has 2 nitrogen and oxygen atoms in total. The molecular formula is C15H16O2. The van der Waals surface area contributed by atoms with Crippen LogP contribution in [0.25, 0.3) is 11.1 Å². The molecule has 0 heterocycles. The highest BCUT2D eigenvalue weighted by molar-refractivity contribution is 5.64. The molecule has 17 heavy (non-hydrogen) atoms. The van der Waals surface area contributed by atoms with Gasteiger partial charge in [-0.1, -0.05) is 42.5 Å². The van der Waals surface area contributed by atoms with Gasteiger partial charge in [-0.25, -0.2) is 0 Å². The first-order valence-electron chi connectivity index (χ1n) is 5.72. The van der Waals surface area contributed by atoms with E-state index in [1.54, 1.807) is 0 Å². The van der Waals surface area contributed by atoms with Crippen LogP contribution in [-0.2, 0) is 0 Å². The summed E-state index contributed by atoms with van der Waals surface area (Å²) in [6, 6.07) is 18.0. The monoisotopic (exact) mass is 228 g/mol. The molecule has 0 bridgehead atoms. The van der Waals surface area contributed by atoms with Gasteiger partial charge >= 0.3 is 0 Å². The second-order valence-electron chi connectivity index (χ2n) is 4.00. The predicted molar refractivity (Wildman–Crippen MR) is 69.1 cm³/mol. The molecule has 0 spiro atoms. The van der Waals surface area contributed by atoms with Crippen molar-refractivity contribution >= 4 is 0 Å². The van der Waals surface area contributed by atoms with E-state index in [-0.39, 0.29) is 12.7 Å². The minimum atomic E-state index is -0.180. The van der Waals surface area contributed by atoms with Crippen LogP contribution in [0.5, 0.6) is 5.75 Å². The van der Waals surface area contributed by atoms with Crippen LogP contribution in [0.3, 0.4) is 0 Å². The van der Waals surface area contributed by atoms with E-state index < -0.39 is 0 Å². The molecule has 1 atom stereocenters. The summed E-state index contributed by atoms with van der Waals surface area (Å²) in [5, 5.41) is 8.96. The Labute approximate surface area is 101 Å². The van der Waals surface area contributed by atoms with Gasteiger partial charge in [0.1, 0.15) is 11.9 Å². The van der Waals surface area contributed by atoms with Crippen LogP contribution in [0.1, 0.15) is 6.92 Å². The van der Waals surface area contributed by atoms with Gasteiger partial charge in [-0.15, -0.1) is 0 Å². The zero-order valence-electron chi connectivity index (χ0n) is 9.84. The van der Waals surface area contributed by atoms with Gasteiger partial charge in [0.05, 0.1) is 6.61 Å². The summed E-state index contributed by atoms with van der Waals surface area (Å²) in [4.78, 5) is 0. The Balaban J connectivity index is 2.23. The van der Waals surface area contributed by atoms with Gasteiger partial charge in [-0.05, 0) is 30.2 Å². The van der Waals surface area contributed by atoms with E-state index in [4.69, 9.17) is 9.84 Å². The fraction of sp³-hybridized carbons (Fsp3) is 0.200. The number of hydrogen-bond donors (Lipinski definition) is 1. The summed E-state index contributed by atoms with van der Waals surface area (Å²) in [5.74, 6) is 0.785. The number of ether oxygens (including phenoxy) is 1. The van der Waals surface area contributed by atoms with Crippen molar-refractivity contribution < 1.29 is 9.84 Å². The van der Waals surface area contributed by atoms with Crippen molar-refractivity contribution in [2.24, 2.45) is 0 Å². The number of hydrogen-bond acceptors (Lipinski definition) is 2. The van der Waals surface area contributed by atoms with Crippen LogP contribution in [0.2, 0.25) is 0 Å². The summed E-state index contributed by atoms with van der Waals surface area (Å²) in [6.07, 6.45) is -0.180. The summed E-state index contributed by atoms with van der Waals surface area (Å²) >= 11 is 0. The van der Waals surface area contributed by atoms with Gasteiger partial charge in [-0.3, -0.25) is 0 Å². The Hall–Kier alpha value is -1.80. The average molecular weight is 228 g/mol. The van der Waals surface area contributed by atoms with E-state index in [0.717, 1.165) is 16.9 Å². The smallest absolute Gasteiger partial charge is 0.120 e. The first kappa shape index (κ1) is 11.7. The van der Waals surface area contributed by atoms with Crippen molar-refractivity contribution in [1.29, 1.82) is 0 Å². The van der Waals surface area contributed by atoms with E-state index >= 15 is 0 Å². The molecule has 0 saturated carbocycles. The lowest BCUT2D eigenvalue weighted by Gasteiger charge is -2.12. The second-order valence-corrected chi connectivity index (χ2v) is 4.00. The fourth-order valence-electron chi connectivity index (χ4n) is 1.65. The maximum atomic E-state index is 8.96. The third-order valence-electron chi connectivity index (χ3n) is 2.54. The zero-order chi connectivity index (χ0) is 12.1. The first-order chi connectivity index (χ1) is 8.29. The number of aliphatic hydroxyl groups excluding tert-OH is 1. The lowest BCUT2D eigenvalue weighted by atomic mass is 10.1. The molecule has 0 aliphatic carbocycles. The lowest BCUT2D eigenvalue weighted by Crippen LogP contribution is -2.16. The van der Waals surface area contributed by atoms with Crippen molar-refractivity contribution in [2.75, 3.05) is 6.61 Å². The number of benzene rings is 2. The molecule has 0 amide bonds. The topological polar surface area (TPSA) is 29.5 Å². The van der Waals surface area contributed by atoms with Gasteiger partial charge in [0.2, 0.25) is 0 Å². The standard InChI is InChI=1S/C15H16O2/c1-12(11-16)17-15-9-5-8-14(10-15)13-6-3-2-4-7-13/h2-10,12,16H,11H2,1H3. The van der Waals surface area contributed by atoms with Crippen molar-refractivity contribution in [1.82, 2.24) is 0 Å². The highest BCUT2D eigenvalue weighted by Gasteiger charge is 2.03. The third-order valence-corrected chi connectivity index (χ3v) is 2.54. The van der Waals surface area contributed by atoms with Crippen LogP contribution in [0.4, 0.5) is 0 Å². The van der Waals surface area contributed by atoms with Crippen LogP contribution in [0.15, 0.2) is 54.6 Å². The molecule has 2 aromatic carbocycles. The average Bonchev–Trinajstić information content (AvgIpc) is 2.40. The number of aliphatic hydroxyl groups is 1. The van der Waals surface area contributed by atoms with E-state index in [9.17, 15) is 0 Å². The summed E-state index contributed by atoms with van der Waals surface area (Å²) in [7, 11) is 0. The largest absolute Gasteiger partial charge is 0.488 e. The molecule has 0 saturated heterocycles. The Kier molecular flexibility index (Phi) is 3.78. The highest BCUT2D eigenvalue weighted by Crippen LogP contribution is 2.24. The Bertz CT molecular complexity index is 465. The van der Waals surface area contributed by atoms with Crippen molar-refractivity contribution in [3.05, 3.63) is 54.6 Å². The quantitative estimate of drug-likeness (QED) is 0.871. The summed E-state index contributed by atoms with van der Waals surface area (Å²) < 4.78 is 5.58. The SMILES string of the molecule is CC(CO)Oc1cccc(-c2ccccc2)c1. The van der Waals surface area contributed by atoms with Gasteiger partial charge < -0.3 is 9.84 Å². The van der Waals surface area contributed by atoms with E-state index in [1.807, 2.05) is 49.4 Å². The molecule has 0 aromatic heterocycles. The van der Waals surface area contributed by atoms with Crippen LogP contribution in [0, 0.1) is 0 Å². The summed E-state index contributed by atoms with van der Waals surface area (Å²) in [5.41, 5.74) is 2.28. The van der Waals surface area contributed by atoms with E-state index in [0.29, 0.717) is 0 Å². The Morgan fingerprint density at radius 1 is 1.00 bits per heavy atom. The Morgan fingerprint density at radius 2 is 1.71 bits per heavy atom. The van der Waals surface area contributed by atoms with Crippen LogP contribution in [-0.4, -0.2) is 17.8 Å². The molecule has 0 aliphatic heterocycles. The first-order valence-corrected chi connectivity index (χ1v) is 5.72. The highest BCUT2D eigenvalue weighted by atomic mass is 16.5. The minimum Gasteiger partial charge on any atom is -0.488 e. The molecule has 2 rings (SSSR count). The van der Waals surface area contributed by atoms with E-state index in [2.05, 4.69) is 12.1 Å². The van der Waals surface area contributed by atoms with Gasteiger partial charge in [0.15, 0.2) is 0 Å². The molecule has 2 heteroatoms. The zero-order valence-corrected chi connectivity index (χ0v) is 9.84. The van der Waals surface area contributed by atoms with Gasteiger partial charge in [0.25, 0.3) is 0 Å². The maximum absolute atomic E-state index is 8.96. The molecular weight excluding hydrogens is 212 g/mol. The second kappa shape index (κ2) is 5.51. The van der Waals surface area contributed by atoms with Crippen molar-refractivity contribution in [3.8, 4) is 16.9 Å². The van der Waals surface area contributed by atoms with Crippen molar-refractivity contribution in [2.45, 2.75) is 13.0 Å². The molecule has 88 valence electrons. The minimum absolute atomic E-state index is 0.0234. The molecule has 0 aliphatic rings. The van der Waals surface area contributed by atoms with Gasteiger partial charge in [-0.2, -0.15) is 0 Å². The third kappa shape index (κ3) is 3.08. The predicted octanol–water partition coefficient (Wildman–Crippen LogP) is 3.11. The van der Waals surface area contributed by atoms with E-state index in [1.165, 1.54) is 0 Å². The normalized spacial score (nSPS) is 12.1. The fourth-order valence-corrected chi connectivity index (χ4v) is 1.65. The summed E-state index contributed by atoms with van der Waals surface area (Å²) in [6.45, 7) is 1.87. The molecule has 2 aromatic rings. The lowest BCUT2D eigenvalue weighted by molar-refractivity contribution is 0.130. The Morgan fingerprint density at radius 3 is 2.41 bits per heavy atom. The number of rotatable bonds is 4. The van der Waals surface area contributed by atoms with Crippen LogP contribution >= 0.6 is 0 Å². The molecule has 0 fully saturated rings. The van der Waals surface area contributed by atoms with Gasteiger partial charge in [0, 0.05) is 0 Å². The molecule has 1 unspecified atom stereocenters. The van der Waals surface area contributed by atoms with Crippen molar-refractivity contribution in [3.63, 3.8) is 0 Å². The molecule has 0 radical (unpaired) electrons. The van der Waals surface area contributed by atoms with Crippen LogP contribution < -0.4 is 4.74 Å². The maximum Gasteiger partial charge on any atom is 0.120 e. The molecule has 1 N–H and O–H groups in total.